The van der Waals surface area contributed by atoms with Gasteiger partial charge in [-0.15, -0.1) is 0 Å². The Labute approximate surface area is 79.0 Å². The van der Waals surface area contributed by atoms with E-state index >= 15 is 0 Å². The van der Waals surface area contributed by atoms with Crippen molar-refractivity contribution in [3.63, 3.8) is 0 Å². The molecule has 1 fully saturated rings. The molecule has 4 nitrogen and oxygen atoms in total. The minimum atomic E-state index is -0.00412. The molecule has 76 valence electrons. The van der Waals surface area contributed by atoms with Gasteiger partial charge in [-0.1, -0.05) is 0 Å². The Kier molecular flexibility index (Phi) is 4.78. The fourth-order valence-electron chi connectivity index (χ4n) is 1.44. The molecule has 1 aliphatic heterocycles. The number of ether oxygens (including phenoxy) is 1. The number of rotatable bonds is 4. The van der Waals surface area contributed by atoms with Crippen molar-refractivity contribution < 1.29 is 9.53 Å². The number of carbonyl (C=O) groups is 1. The third-order valence-corrected chi connectivity index (χ3v) is 2.10. The third-order valence-electron chi connectivity index (χ3n) is 2.10. The summed E-state index contributed by atoms with van der Waals surface area (Å²) in [5.74, 6) is -0.00412. The average molecular weight is 186 g/mol. The van der Waals surface area contributed by atoms with E-state index < -0.39 is 0 Å². The van der Waals surface area contributed by atoms with Gasteiger partial charge in [-0.3, -0.25) is 4.79 Å². The molecule has 0 aromatic carbocycles. The molecule has 1 saturated heterocycles. The maximum absolute atomic E-state index is 11.2. The quantitative estimate of drug-likeness (QED) is 0.644. The largest absolute Gasteiger partial charge is 0.372 e. The number of carbonyl (C=O) groups excluding carboxylic acids is 1. The predicted octanol–water partition coefficient (Wildman–Crippen LogP) is -0.109. The van der Waals surface area contributed by atoms with Gasteiger partial charge in [0.1, 0.15) is 6.61 Å². The molecule has 13 heavy (non-hydrogen) atoms. The van der Waals surface area contributed by atoms with Gasteiger partial charge < -0.3 is 15.4 Å². The van der Waals surface area contributed by atoms with Crippen molar-refractivity contribution >= 4 is 5.91 Å². The molecule has 0 saturated carbocycles. The van der Waals surface area contributed by atoms with Crippen molar-refractivity contribution in [3.8, 4) is 0 Å². The number of amides is 1. The van der Waals surface area contributed by atoms with Crippen molar-refractivity contribution in [2.24, 2.45) is 0 Å². The van der Waals surface area contributed by atoms with Crippen molar-refractivity contribution in [2.45, 2.75) is 25.8 Å². The van der Waals surface area contributed by atoms with Gasteiger partial charge in [-0.2, -0.15) is 0 Å². The highest BCUT2D eigenvalue weighted by molar-refractivity contribution is 5.77. The molecular formula is C9H18N2O2. The molecule has 0 spiro atoms. The summed E-state index contributed by atoms with van der Waals surface area (Å²) in [6, 6.07) is 0.293. The molecule has 2 N–H and O–H groups in total. The molecule has 1 amide bonds. The van der Waals surface area contributed by atoms with Gasteiger partial charge in [-0.25, -0.2) is 0 Å². The van der Waals surface area contributed by atoms with Crippen LogP contribution in [0.15, 0.2) is 0 Å². The first-order chi connectivity index (χ1) is 6.33. The van der Waals surface area contributed by atoms with E-state index in [0.29, 0.717) is 12.6 Å². The van der Waals surface area contributed by atoms with Crippen LogP contribution in [0.3, 0.4) is 0 Å². The lowest BCUT2D eigenvalue weighted by molar-refractivity contribution is -0.126. The Bertz CT molecular complexity index is 156. The van der Waals surface area contributed by atoms with E-state index in [1.54, 1.807) is 0 Å². The second-order valence-corrected chi connectivity index (χ2v) is 3.25. The van der Waals surface area contributed by atoms with Crippen molar-refractivity contribution in [2.75, 3.05) is 26.3 Å². The third kappa shape index (κ3) is 4.24. The minimum absolute atomic E-state index is 0.00412. The lowest BCUT2D eigenvalue weighted by Gasteiger charge is -2.23. The molecule has 1 rings (SSSR count). The summed E-state index contributed by atoms with van der Waals surface area (Å²) < 4.78 is 5.00. The monoisotopic (exact) mass is 186 g/mol. The summed E-state index contributed by atoms with van der Waals surface area (Å²) in [5.41, 5.74) is 0. The van der Waals surface area contributed by atoms with Gasteiger partial charge in [0.25, 0.3) is 0 Å². The average Bonchev–Trinajstić information content (AvgIpc) is 2.16. The van der Waals surface area contributed by atoms with Crippen LogP contribution in [-0.4, -0.2) is 38.3 Å². The highest BCUT2D eigenvalue weighted by Gasteiger charge is 2.14. The number of nitrogens with one attached hydrogen (secondary N) is 2. The molecule has 0 unspecified atom stereocenters. The first kappa shape index (κ1) is 10.5. The fourth-order valence-corrected chi connectivity index (χ4v) is 1.44. The SMILES string of the molecule is CCOCC(=O)N[C@@H]1CCCNC1. The summed E-state index contributed by atoms with van der Waals surface area (Å²) >= 11 is 0. The number of piperidine rings is 1. The van der Waals surface area contributed by atoms with Crippen molar-refractivity contribution in [3.05, 3.63) is 0 Å². The molecule has 1 atom stereocenters. The normalized spacial score (nSPS) is 22.7. The second-order valence-electron chi connectivity index (χ2n) is 3.25. The fraction of sp³-hybridized carbons (Fsp3) is 0.889. The molecule has 1 heterocycles. The van der Waals surface area contributed by atoms with E-state index in [1.165, 1.54) is 0 Å². The van der Waals surface area contributed by atoms with Crippen LogP contribution in [0, 0.1) is 0 Å². The van der Waals surface area contributed by atoms with Gasteiger partial charge in [0.2, 0.25) is 5.91 Å². The molecular weight excluding hydrogens is 168 g/mol. The molecule has 4 heteroatoms. The van der Waals surface area contributed by atoms with Crippen LogP contribution in [0.4, 0.5) is 0 Å². The topological polar surface area (TPSA) is 50.4 Å². The Morgan fingerprint density at radius 1 is 1.69 bits per heavy atom. The summed E-state index contributed by atoms with van der Waals surface area (Å²) in [5, 5.41) is 6.17. The lowest BCUT2D eigenvalue weighted by Crippen LogP contribution is -2.46. The summed E-state index contributed by atoms with van der Waals surface area (Å²) in [6.07, 6.45) is 2.21. The summed E-state index contributed by atoms with van der Waals surface area (Å²) in [6.45, 7) is 4.62. The Balaban J connectivity index is 2.11. The predicted molar refractivity (Wildman–Crippen MR) is 50.5 cm³/mol. The molecule has 0 aliphatic carbocycles. The standard InChI is InChI=1S/C9H18N2O2/c1-2-13-7-9(12)11-8-4-3-5-10-6-8/h8,10H,2-7H2,1H3,(H,11,12)/t8-/m1/s1. The second kappa shape index (κ2) is 5.94. The summed E-state index contributed by atoms with van der Waals surface area (Å²) in [7, 11) is 0. The van der Waals surface area contributed by atoms with E-state index in [9.17, 15) is 4.79 Å². The van der Waals surface area contributed by atoms with E-state index in [2.05, 4.69) is 10.6 Å². The van der Waals surface area contributed by atoms with E-state index in [4.69, 9.17) is 4.74 Å². The minimum Gasteiger partial charge on any atom is -0.372 e. The smallest absolute Gasteiger partial charge is 0.246 e. The number of hydrogen-bond acceptors (Lipinski definition) is 3. The van der Waals surface area contributed by atoms with E-state index in [1.807, 2.05) is 6.92 Å². The zero-order chi connectivity index (χ0) is 9.52. The van der Waals surface area contributed by atoms with Crippen LogP contribution >= 0.6 is 0 Å². The van der Waals surface area contributed by atoms with Crippen LogP contribution < -0.4 is 10.6 Å². The van der Waals surface area contributed by atoms with Gasteiger partial charge >= 0.3 is 0 Å². The van der Waals surface area contributed by atoms with Gasteiger partial charge in [-0.05, 0) is 26.3 Å². The highest BCUT2D eigenvalue weighted by Crippen LogP contribution is 2.00. The molecule has 0 bridgehead atoms. The number of hydrogen-bond donors (Lipinski definition) is 2. The van der Waals surface area contributed by atoms with Crippen LogP contribution in [0.5, 0.6) is 0 Å². The molecule has 0 aromatic rings. The van der Waals surface area contributed by atoms with Gasteiger partial charge in [0.05, 0.1) is 0 Å². The van der Waals surface area contributed by atoms with Gasteiger partial charge in [0.15, 0.2) is 0 Å². The summed E-state index contributed by atoms with van der Waals surface area (Å²) in [4.78, 5) is 11.2. The first-order valence-corrected chi connectivity index (χ1v) is 4.90. The van der Waals surface area contributed by atoms with Crippen LogP contribution in [0.2, 0.25) is 0 Å². The zero-order valence-electron chi connectivity index (χ0n) is 8.14. The zero-order valence-corrected chi connectivity index (χ0v) is 8.14. The Hall–Kier alpha value is -0.610. The van der Waals surface area contributed by atoms with Crippen LogP contribution in [0.25, 0.3) is 0 Å². The lowest BCUT2D eigenvalue weighted by atomic mass is 10.1. The maximum atomic E-state index is 11.2. The van der Waals surface area contributed by atoms with E-state index in [-0.39, 0.29) is 12.5 Å². The van der Waals surface area contributed by atoms with Crippen molar-refractivity contribution in [1.29, 1.82) is 0 Å². The van der Waals surface area contributed by atoms with Crippen LogP contribution in [-0.2, 0) is 9.53 Å². The van der Waals surface area contributed by atoms with Crippen molar-refractivity contribution in [1.82, 2.24) is 10.6 Å². The first-order valence-electron chi connectivity index (χ1n) is 4.90. The maximum Gasteiger partial charge on any atom is 0.246 e. The highest BCUT2D eigenvalue weighted by atomic mass is 16.5. The van der Waals surface area contributed by atoms with Crippen LogP contribution in [0.1, 0.15) is 19.8 Å². The molecule has 0 aromatic heterocycles. The van der Waals surface area contributed by atoms with Gasteiger partial charge in [0, 0.05) is 19.2 Å². The Morgan fingerprint density at radius 3 is 3.15 bits per heavy atom. The van der Waals surface area contributed by atoms with E-state index in [0.717, 1.165) is 25.9 Å². The Morgan fingerprint density at radius 2 is 2.54 bits per heavy atom. The molecule has 0 radical (unpaired) electrons. The molecule has 1 aliphatic rings.